The molecule has 2 N–H and O–H groups in total. The molecule has 1 saturated heterocycles. The average molecular weight is 584 g/mol. The van der Waals surface area contributed by atoms with Crippen molar-refractivity contribution < 1.29 is 9.13 Å². The molecular formula is C34H42FN7O. The van der Waals surface area contributed by atoms with Crippen molar-refractivity contribution in [3.05, 3.63) is 89.1 Å². The van der Waals surface area contributed by atoms with Gasteiger partial charge in [-0.3, -0.25) is 15.4 Å². The fourth-order valence-electron chi connectivity index (χ4n) is 6.35. The molecular weight excluding hydrogens is 541 g/mol. The maximum absolute atomic E-state index is 14.9. The van der Waals surface area contributed by atoms with E-state index in [0.717, 1.165) is 79.2 Å². The summed E-state index contributed by atoms with van der Waals surface area (Å²) in [5, 5.41) is 12.2. The first-order valence-electron chi connectivity index (χ1n) is 15.6. The van der Waals surface area contributed by atoms with Crippen LogP contribution < -0.4 is 5.43 Å². The molecule has 2 aromatic rings. The van der Waals surface area contributed by atoms with Crippen LogP contribution in [0.15, 0.2) is 71.4 Å². The van der Waals surface area contributed by atoms with Crippen LogP contribution in [0.25, 0.3) is 17.7 Å². The Kier molecular flexibility index (Phi) is 8.61. The number of halogens is 1. The Balaban J connectivity index is 0.00000161. The molecule has 0 aromatic carbocycles. The van der Waals surface area contributed by atoms with Gasteiger partial charge in [0.2, 0.25) is 5.90 Å². The SMILES string of the molecule is C=C(/C=C\c1[nH]nc(C2=CCn3ccnc3C=C2)c1C)C1=NNC([C@@H]2CCCN(CC3=C(F)C4CC4C=CC3)C2)O1.CC. The van der Waals surface area contributed by atoms with E-state index in [1.165, 1.54) is 0 Å². The number of aromatic amines is 1. The highest BCUT2D eigenvalue weighted by Gasteiger charge is 2.41. The van der Waals surface area contributed by atoms with Gasteiger partial charge in [0.15, 0.2) is 6.23 Å². The molecule has 3 aliphatic heterocycles. The minimum absolute atomic E-state index is 0.132. The quantitative estimate of drug-likeness (QED) is 0.291. The van der Waals surface area contributed by atoms with Gasteiger partial charge >= 0.3 is 0 Å². The molecule has 2 aliphatic carbocycles. The first-order valence-corrected chi connectivity index (χ1v) is 15.6. The van der Waals surface area contributed by atoms with Gasteiger partial charge in [0.25, 0.3) is 0 Å². The van der Waals surface area contributed by atoms with Crippen LogP contribution in [0.3, 0.4) is 0 Å². The lowest BCUT2D eigenvalue weighted by Gasteiger charge is -2.35. The number of aromatic nitrogens is 4. The summed E-state index contributed by atoms with van der Waals surface area (Å²) in [5.41, 5.74) is 8.79. The summed E-state index contributed by atoms with van der Waals surface area (Å²) in [6.45, 7) is 13.6. The van der Waals surface area contributed by atoms with Gasteiger partial charge in [-0.1, -0.05) is 38.7 Å². The van der Waals surface area contributed by atoms with Crippen LogP contribution in [-0.4, -0.2) is 56.4 Å². The molecule has 5 aliphatic rings. The Labute approximate surface area is 253 Å². The van der Waals surface area contributed by atoms with Gasteiger partial charge in [0.1, 0.15) is 11.7 Å². The van der Waals surface area contributed by atoms with E-state index < -0.39 is 0 Å². The monoisotopic (exact) mass is 583 g/mol. The van der Waals surface area contributed by atoms with E-state index in [0.29, 0.717) is 23.9 Å². The number of piperidine rings is 1. The Morgan fingerprint density at radius 3 is 3.05 bits per heavy atom. The Bertz CT molecular complexity index is 1540. The summed E-state index contributed by atoms with van der Waals surface area (Å²) < 4.78 is 23.3. The molecule has 8 nitrogen and oxygen atoms in total. The number of imidazole rings is 1. The molecule has 0 spiro atoms. The largest absolute Gasteiger partial charge is 0.451 e. The lowest BCUT2D eigenvalue weighted by molar-refractivity contribution is 0.0595. The number of fused-ring (bicyclic) bond motifs is 2. The number of allylic oxidation sites excluding steroid dienone is 6. The molecule has 1 saturated carbocycles. The second-order valence-corrected chi connectivity index (χ2v) is 11.7. The number of nitrogens with one attached hydrogen (secondary N) is 2. The van der Waals surface area contributed by atoms with Crippen LogP contribution in [0.1, 0.15) is 62.3 Å². The third kappa shape index (κ3) is 6.22. The van der Waals surface area contributed by atoms with E-state index in [4.69, 9.17) is 4.74 Å². The standard InChI is InChI=1S/C32H36FN7O.C2H6/c1-20(8-10-27-21(2)30(36-35-27)22-9-11-28-34-13-16-40(28)15-12-22)31-37-38-32(41-31)25-7-4-14-39(19-25)18-24-6-3-5-23-17-26(23)29(24)33;1-2/h3,5,8-13,16,23,25-26,32,38H,1,4,6-7,14-15,17-19H2,2H3,(H,35,36);1-2H3/b10-8-;/t23?,25-,26?,32?;/m1./s1. The van der Waals surface area contributed by atoms with Crippen molar-refractivity contribution in [1.82, 2.24) is 30.1 Å². The molecule has 5 heterocycles. The average Bonchev–Trinajstić information content (AvgIpc) is 3.32. The topological polar surface area (TPSA) is 83.4 Å². The van der Waals surface area contributed by atoms with Crippen molar-refractivity contribution in [2.24, 2.45) is 22.9 Å². The van der Waals surface area contributed by atoms with Crippen LogP contribution in [0.5, 0.6) is 0 Å². The highest BCUT2D eigenvalue weighted by atomic mass is 19.1. The normalized spacial score (nSPS) is 26.3. The predicted molar refractivity (Wildman–Crippen MR) is 170 cm³/mol. The molecule has 0 radical (unpaired) electrons. The molecule has 9 heteroatoms. The molecule has 2 fully saturated rings. The lowest BCUT2D eigenvalue weighted by Crippen LogP contribution is -2.44. The first-order chi connectivity index (χ1) is 21.0. The number of H-pyrrole nitrogens is 1. The van der Waals surface area contributed by atoms with Gasteiger partial charge < -0.3 is 9.30 Å². The minimum atomic E-state index is -0.206. The number of hydrazone groups is 1. The Morgan fingerprint density at radius 1 is 1.28 bits per heavy atom. The molecule has 43 heavy (non-hydrogen) atoms. The Morgan fingerprint density at radius 2 is 2.16 bits per heavy atom. The van der Waals surface area contributed by atoms with Gasteiger partial charge in [-0.05, 0) is 74.9 Å². The highest BCUT2D eigenvalue weighted by molar-refractivity contribution is 5.97. The smallest absolute Gasteiger partial charge is 0.239 e. The number of ether oxygens (including phenoxy) is 1. The van der Waals surface area contributed by atoms with Gasteiger partial charge in [0, 0.05) is 60.6 Å². The number of nitrogens with zero attached hydrogens (tertiary/aromatic N) is 5. The lowest BCUT2D eigenvalue weighted by atomic mass is 9.95. The highest BCUT2D eigenvalue weighted by Crippen LogP contribution is 2.49. The predicted octanol–water partition coefficient (Wildman–Crippen LogP) is 6.41. The summed E-state index contributed by atoms with van der Waals surface area (Å²) >= 11 is 0. The van der Waals surface area contributed by atoms with E-state index >= 15 is 0 Å². The fourth-order valence-corrected chi connectivity index (χ4v) is 6.35. The Hall–Kier alpha value is -3.98. The molecule has 2 aromatic heterocycles. The fraction of sp³-hybridized carbons (Fsp3) is 0.441. The van der Waals surface area contributed by atoms with E-state index in [-0.39, 0.29) is 23.9 Å². The molecule has 7 rings (SSSR count). The number of likely N-dealkylation sites (tertiary alicyclic amines) is 1. The maximum atomic E-state index is 14.9. The second kappa shape index (κ2) is 12.7. The summed E-state index contributed by atoms with van der Waals surface area (Å²) in [4.78, 5) is 6.75. The number of hydrogen-bond donors (Lipinski definition) is 2. The van der Waals surface area contributed by atoms with Gasteiger partial charge in [-0.2, -0.15) is 5.10 Å². The summed E-state index contributed by atoms with van der Waals surface area (Å²) in [7, 11) is 0. The molecule has 0 amide bonds. The van der Waals surface area contributed by atoms with E-state index in [2.05, 4.69) is 73.0 Å². The molecule has 3 unspecified atom stereocenters. The van der Waals surface area contributed by atoms with Crippen LogP contribution in [-0.2, 0) is 11.3 Å². The summed E-state index contributed by atoms with van der Waals surface area (Å²) in [6.07, 6.45) is 21.9. The van der Waals surface area contributed by atoms with Crippen LogP contribution >= 0.6 is 0 Å². The molecule has 4 atom stereocenters. The van der Waals surface area contributed by atoms with Gasteiger partial charge in [-0.15, -0.1) is 5.10 Å². The third-order valence-electron chi connectivity index (χ3n) is 8.88. The van der Waals surface area contributed by atoms with Crippen molar-refractivity contribution in [3.63, 3.8) is 0 Å². The van der Waals surface area contributed by atoms with Gasteiger partial charge in [0.05, 0.1) is 11.4 Å². The zero-order chi connectivity index (χ0) is 29.9. The van der Waals surface area contributed by atoms with E-state index in [1.54, 1.807) is 0 Å². The minimum Gasteiger partial charge on any atom is -0.451 e. The maximum Gasteiger partial charge on any atom is 0.239 e. The van der Waals surface area contributed by atoms with Crippen molar-refractivity contribution in [2.75, 3.05) is 19.6 Å². The van der Waals surface area contributed by atoms with Gasteiger partial charge in [-0.25, -0.2) is 9.37 Å². The van der Waals surface area contributed by atoms with Crippen LogP contribution in [0.4, 0.5) is 4.39 Å². The van der Waals surface area contributed by atoms with E-state index in [1.807, 2.05) is 44.5 Å². The number of hydrogen-bond acceptors (Lipinski definition) is 6. The van der Waals surface area contributed by atoms with E-state index in [9.17, 15) is 4.39 Å². The van der Waals surface area contributed by atoms with Crippen molar-refractivity contribution in [2.45, 2.75) is 59.2 Å². The van der Waals surface area contributed by atoms with Crippen molar-refractivity contribution in [1.29, 1.82) is 0 Å². The first kappa shape index (κ1) is 29.1. The van der Waals surface area contributed by atoms with Crippen LogP contribution in [0, 0.1) is 24.7 Å². The summed E-state index contributed by atoms with van der Waals surface area (Å²) in [5.74, 6) is 2.42. The van der Waals surface area contributed by atoms with Crippen LogP contribution in [0.2, 0.25) is 0 Å². The van der Waals surface area contributed by atoms with Crippen molar-refractivity contribution >= 4 is 23.6 Å². The summed E-state index contributed by atoms with van der Waals surface area (Å²) in [6, 6.07) is 0. The zero-order valence-corrected chi connectivity index (χ0v) is 25.4. The molecule has 226 valence electrons. The number of rotatable bonds is 7. The zero-order valence-electron chi connectivity index (χ0n) is 25.4. The molecule has 0 bridgehead atoms. The van der Waals surface area contributed by atoms with Crippen molar-refractivity contribution in [3.8, 4) is 0 Å². The second-order valence-electron chi connectivity index (χ2n) is 11.7. The third-order valence-corrected chi connectivity index (χ3v) is 8.88.